The van der Waals surface area contributed by atoms with Crippen molar-refractivity contribution in [2.45, 2.75) is 181 Å². The monoisotopic (exact) mass is 919 g/mol. The van der Waals surface area contributed by atoms with E-state index in [1.165, 1.54) is 6.92 Å². The van der Waals surface area contributed by atoms with Crippen LogP contribution in [-0.4, -0.2) is 240 Å². The number of aliphatic hydroxyl groups is 11. The van der Waals surface area contributed by atoms with Crippen LogP contribution >= 0.6 is 0 Å². The molecule has 16 N–H and O–H groups in total. The first-order chi connectivity index (χ1) is 29.7. The first-order valence-electron chi connectivity index (χ1n) is 20.7. The summed E-state index contributed by atoms with van der Waals surface area (Å²) in [6.45, 7) is 1.09. The summed E-state index contributed by atoms with van der Waals surface area (Å²) in [5, 5.41) is 133. The first-order valence-corrected chi connectivity index (χ1v) is 20.7. The Labute approximate surface area is 361 Å². The number of carbonyl (C=O) groups is 3. The Balaban J connectivity index is 1.72. The SMILES string of the molecule is CC(=O)N[C@H]1[C@H](OCCCCCCN)O[C@H](CO)[C@@H](O[C@@H]2O[C@H](CO)[C@H](O)[C@H](O[C@]3(C(=O)O)C[C@H](O)[C@@H](NC(C)=O)[C@H]([C@H](O)[C@H](O)CO)O3)[C@H]2O)[C@@H]1O[C@@H]1O[C@@H](C)[C@@H](O)[C@@H](O)[C@@H]1O. The molecule has 0 bridgehead atoms. The number of nitrogens with one attached hydrogen (secondary N) is 2. The van der Waals surface area contributed by atoms with Crippen molar-refractivity contribution in [3.05, 3.63) is 0 Å². The summed E-state index contributed by atoms with van der Waals surface area (Å²) in [5.41, 5.74) is 5.58. The lowest BCUT2D eigenvalue weighted by Crippen LogP contribution is -2.71. The minimum absolute atomic E-state index is 0.0657. The number of carboxylic acid groups (broad SMARTS) is 1. The minimum Gasteiger partial charge on any atom is -0.477 e. The van der Waals surface area contributed by atoms with Gasteiger partial charge in [-0.25, -0.2) is 4.79 Å². The third-order valence-electron chi connectivity index (χ3n) is 11.3. The maximum Gasteiger partial charge on any atom is 0.364 e. The number of unbranched alkanes of at least 4 members (excludes halogenated alkanes) is 3. The van der Waals surface area contributed by atoms with Gasteiger partial charge in [-0.1, -0.05) is 12.8 Å². The highest BCUT2D eigenvalue weighted by atomic mass is 16.8. The van der Waals surface area contributed by atoms with Gasteiger partial charge in [-0.05, 0) is 26.3 Å². The van der Waals surface area contributed by atoms with Crippen molar-refractivity contribution >= 4 is 17.8 Å². The lowest BCUT2D eigenvalue weighted by Gasteiger charge is -2.51. The molecule has 0 aliphatic carbocycles. The fourth-order valence-electron chi connectivity index (χ4n) is 7.92. The highest BCUT2D eigenvalue weighted by Crippen LogP contribution is 2.39. The van der Waals surface area contributed by atoms with E-state index in [0.717, 1.165) is 26.7 Å². The van der Waals surface area contributed by atoms with Crippen molar-refractivity contribution in [3.63, 3.8) is 0 Å². The molecule has 4 aliphatic rings. The van der Waals surface area contributed by atoms with E-state index in [0.29, 0.717) is 19.4 Å². The quantitative estimate of drug-likeness (QED) is 0.0476. The summed E-state index contributed by atoms with van der Waals surface area (Å²) in [6.07, 6.45) is -31.3. The average molecular weight is 920 g/mol. The first kappa shape index (κ1) is 53.2. The van der Waals surface area contributed by atoms with Crippen LogP contribution in [-0.2, 0) is 52.3 Å². The van der Waals surface area contributed by atoms with Gasteiger partial charge in [0, 0.05) is 26.9 Å². The molecule has 0 saturated carbocycles. The molecular formula is C37H65N3O23. The fourth-order valence-corrected chi connectivity index (χ4v) is 7.92. The van der Waals surface area contributed by atoms with Crippen LogP contribution in [0.4, 0.5) is 0 Å². The van der Waals surface area contributed by atoms with Crippen LogP contribution in [0.3, 0.4) is 0 Å². The zero-order valence-corrected chi connectivity index (χ0v) is 35.1. The van der Waals surface area contributed by atoms with Gasteiger partial charge in [0.2, 0.25) is 11.8 Å². The van der Waals surface area contributed by atoms with Crippen LogP contribution in [0.15, 0.2) is 0 Å². The van der Waals surface area contributed by atoms with Gasteiger partial charge in [-0.3, -0.25) is 9.59 Å². The van der Waals surface area contributed by atoms with Gasteiger partial charge in [-0.15, -0.1) is 0 Å². The molecule has 26 heteroatoms. The summed E-state index contributed by atoms with van der Waals surface area (Å²) in [6, 6.07) is -3.00. The molecule has 4 aliphatic heterocycles. The molecule has 4 fully saturated rings. The van der Waals surface area contributed by atoms with E-state index in [1.807, 2.05) is 0 Å². The standard InChI is InChI=1S/C37H65N3O23/c1-14-23(48)26(51)27(52)34(57-14)61-31-22(40-16(3)45)33(56-9-7-5-4-6-8-38)59-20(13-43)29(31)60-35-28(53)32(25(50)19(12-42)58-35)63-37(36(54)55)10-17(46)21(39-15(2)44)30(62-37)24(49)18(47)11-41/h14,17-35,41-43,46-53H,4-13,38H2,1-3H3,(H,39,44)(H,40,45)(H,54,55)/t14-,17-,18+,19+,20+,21+,22+,23+,24+,25-,26+,27-,28+,29+,30+,31+,32-,33+,34-,35-,37-/m0/s1. The Morgan fingerprint density at radius 3 is 1.90 bits per heavy atom. The van der Waals surface area contributed by atoms with E-state index in [4.69, 9.17) is 43.6 Å². The van der Waals surface area contributed by atoms with Gasteiger partial charge in [0.25, 0.3) is 5.79 Å². The van der Waals surface area contributed by atoms with Crippen LogP contribution in [0.5, 0.6) is 0 Å². The molecule has 366 valence electrons. The second kappa shape index (κ2) is 23.9. The van der Waals surface area contributed by atoms with Crippen molar-refractivity contribution in [3.8, 4) is 0 Å². The van der Waals surface area contributed by atoms with E-state index >= 15 is 0 Å². The number of aliphatic hydroxyl groups excluding tert-OH is 11. The molecule has 0 unspecified atom stereocenters. The fraction of sp³-hybridized carbons (Fsp3) is 0.919. The number of amides is 2. The number of carbonyl (C=O) groups excluding carboxylic acids is 2. The second-order valence-electron chi connectivity index (χ2n) is 16.1. The number of hydrogen-bond donors (Lipinski definition) is 15. The van der Waals surface area contributed by atoms with E-state index in [9.17, 15) is 75.7 Å². The van der Waals surface area contributed by atoms with Gasteiger partial charge in [0.15, 0.2) is 18.9 Å². The summed E-state index contributed by atoms with van der Waals surface area (Å²) < 4.78 is 47.3. The minimum atomic E-state index is -3.11. The van der Waals surface area contributed by atoms with Crippen LogP contribution in [0, 0.1) is 0 Å². The van der Waals surface area contributed by atoms with Crippen LogP contribution in [0.2, 0.25) is 0 Å². The third-order valence-corrected chi connectivity index (χ3v) is 11.3. The maximum atomic E-state index is 13.0. The predicted molar refractivity (Wildman–Crippen MR) is 204 cm³/mol. The molecule has 0 aromatic heterocycles. The van der Waals surface area contributed by atoms with E-state index in [1.54, 1.807) is 0 Å². The highest BCUT2D eigenvalue weighted by Gasteiger charge is 2.61. The van der Waals surface area contributed by atoms with Gasteiger partial charge in [0.1, 0.15) is 85.4 Å². The van der Waals surface area contributed by atoms with Crippen molar-refractivity contribution in [1.29, 1.82) is 0 Å². The normalized spacial score (nSPS) is 42.0. The van der Waals surface area contributed by atoms with Crippen molar-refractivity contribution in [2.75, 3.05) is 33.0 Å². The molecule has 0 radical (unpaired) electrons. The lowest BCUT2D eigenvalue weighted by molar-refractivity contribution is -0.391. The van der Waals surface area contributed by atoms with Gasteiger partial charge in [0.05, 0.1) is 38.1 Å². The summed E-state index contributed by atoms with van der Waals surface area (Å²) in [4.78, 5) is 37.7. The second-order valence-corrected chi connectivity index (χ2v) is 16.1. The highest BCUT2D eigenvalue weighted by molar-refractivity contribution is 5.76. The largest absolute Gasteiger partial charge is 0.477 e. The summed E-state index contributed by atoms with van der Waals surface area (Å²) >= 11 is 0. The zero-order valence-electron chi connectivity index (χ0n) is 35.1. The Morgan fingerprint density at radius 2 is 1.32 bits per heavy atom. The smallest absolute Gasteiger partial charge is 0.364 e. The third kappa shape index (κ3) is 12.7. The number of ether oxygens (including phenoxy) is 8. The van der Waals surface area contributed by atoms with Crippen molar-refractivity contribution < 1.29 is 114 Å². The van der Waals surface area contributed by atoms with Crippen LogP contribution in [0.25, 0.3) is 0 Å². The Morgan fingerprint density at radius 1 is 0.730 bits per heavy atom. The molecule has 4 heterocycles. The number of rotatable bonds is 21. The average Bonchev–Trinajstić information content (AvgIpc) is 3.24. The van der Waals surface area contributed by atoms with Gasteiger partial charge in [-0.2, -0.15) is 0 Å². The Hall–Kier alpha value is -2.39. The molecule has 4 saturated heterocycles. The number of hydrogen-bond acceptors (Lipinski definition) is 23. The molecular weight excluding hydrogens is 854 g/mol. The summed E-state index contributed by atoms with van der Waals surface area (Å²) in [5.74, 6) is -6.56. The lowest BCUT2D eigenvalue weighted by atomic mass is 9.88. The Bertz CT molecular complexity index is 1460. The molecule has 4 rings (SSSR count). The van der Waals surface area contributed by atoms with E-state index < -0.39 is 172 Å². The summed E-state index contributed by atoms with van der Waals surface area (Å²) in [7, 11) is 0. The van der Waals surface area contributed by atoms with Gasteiger partial charge < -0.3 is 116 Å². The number of carboxylic acids is 1. The van der Waals surface area contributed by atoms with Crippen LogP contribution in [0.1, 0.15) is 52.9 Å². The van der Waals surface area contributed by atoms with Crippen molar-refractivity contribution in [1.82, 2.24) is 10.6 Å². The van der Waals surface area contributed by atoms with Crippen LogP contribution < -0.4 is 16.4 Å². The van der Waals surface area contributed by atoms with E-state index in [2.05, 4.69) is 10.6 Å². The molecule has 2 amide bonds. The Kier molecular flexibility index (Phi) is 20.2. The number of aliphatic carboxylic acids is 1. The molecule has 26 nitrogen and oxygen atoms in total. The van der Waals surface area contributed by atoms with Crippen molar-refractivity contribution in [2.24, 2.45) is 5.73 Å². The predicted octanol–water partition coefficient (Wildman–Crippen LogP) is -7.68. The molecule has 0 aromatic carbocycles. The molecule has 0 aromatic rings. The number of nitrogens with two attached hydrogens (primary N) is 1. The molecule has 0 spiro atoms. The van der Waals surface area contributed by atoms with Gasteiger partial charge >= 0.3 is 5.97 Å². The van der Waals surface area contributed by atoms with E-state index in [-0.39, 0.29) is 6.61 Å². The molecule has 21 atom stereocenters. The zero-order chi connectivity index (χ0) is 46.9. The maximum absolute atomic E-state index is 13.0. The molecule has 63 heavy (non-hydrogen) atoms. The topological polar surface area (TPSA) is 418 Å².